The average molecular weight is 367 g/mol. The number of rotatable bonds is 4. The molecule has 27 heavy (non-hydrogen) atoms. The zero-order valence-corrected chi connectivity index (χ0v) is 15.3. The van der Waals surface area contributed by atoms with Gasteiger partial charge in [-0.05, 0) is 23.6 Å². The lowest BCUT2D eigenvalue weighted by Crippen LogP contribution is -2.45. The summed E-state index contributed by atoms with van der Waals surface area (Å²) in [6.07, 6.45) is 0.250. The van der Waals surface area contributed by atoms with Gasteiger partial charge in [-0.15, -0.1) is 4.73 Å². The van der Waals surface area contributed by atoms with Crippen molar-refractivity contribution in [3.05, 3.63) is 70.1 Å². The summed E-state index contributed by atoms with van der Waals surface area (Å²) in [5, 5.41) is 0. The summed E-state index contributed by atoms with van der Waals surface area (Å²) in [6.45, 7) is 0.622. The zero-order chi connectivity index (χ0) is 19.0. The number of likely N-dealkylation sites (N-methyl/N-ethyl adjacent to an activating group) is 1. The Labute approximate surface area is 156 Å². The predicted molar refractivity (Wildman–Crippen MR) is 101 cm³/mol. The maximum absolute atomic E-state index is 12.7. The Morgan fingerprint density at radius 3 is 2.70 bits per heavy atom. The first-order valence-electron chi connectivity index (χ1n) is 8.81. The maximum Gasteiger partial charge on any atom is 0.410 e. The second-order valence-electron chi connectivity index (χ2n) is 6.66. The SMILES string of the molecule is COn1c(=O)n2c3c(cccc31)CC(N(C)C(=O)OCc1ccccc1)C2. The van der Waals surface area contributed by atoms with Crippen LogP contribution in [-0.4, -0.2) is 40.5 Å². The fourth-order valence-electron chi connectivity index (χ4n) is 3.63. The van der Waals surface area contributed by atoms with Crippen molar-refractivity contribution in [2.45, 2.75) is 25.6 Å². The largest absolute Gasteiger partial charge is 0.445 e. The van der Waals surface area contributed by atoms with Crippen LogP contribution in [0.25, 0.3) is 11.0 Å². The van der Waals surface area contributed by atoms with Crippen molar-refractivity contribution in [2.75, 3.05) is 14.2 Å². The standard InChI is InChI=1S/C20H21N3O4/c1-21(20(25)27-13-14-7-4-3-5-8-14)16-11-15-9-6-10-17-18(15)22(12-16)19(24)23(17)26-2/h3-10,16H,11-13H2,1-2H3. The fourth-order valence-corrected chi connectivity index (χ4v) is 3.63. The fraction of sp³-hybridized carbons (Fsp3) is 0.300. The van der Waals surface area contributed by atoms with Crippen LogP contribution in [0, 0.1) is 0 Å². The van der Waals surface area contributed by atoms with E-state index in [1.54, 1.807) is 16.5 Å². The van der Waals surface area contributed by atoms with Gasteiger partial charge in [0.1, 0.15) is 19.2 Å². The third kappa shape index (κ3) is 2.95. The summed E-state index contributed by atoms with van der Waals surface area (Å²) in [4.78, 5) is 32.0. The van der Waals surface area contributed by atoms with E-state index in [0.29, 0.717) is 13.0 Å². The first-order chi connectivity index (χ1) is 13.1. The van der Waals surface area contributed by atoms with E-state index in [0.717, 1.165) is 22.2 Å². The van der Waals surface area contributed by atoms with Crippen LogP contribution in [0.5, 0.6) is 0 Å². The van der Waals surface area contributed by atoms with Crippen LogP contribution in [0.15, 0.2) is 53.3 Å². The molecule has 4 rings (SSSR count). The number of amides is 1. The molecule has 1 aliphatic heterocycles. The highest BCUT2D eigenvalue weighted by molar-refractivity contribution is 5.80. The highest BCUT2D eigenvalue weighted by atomic mass is 16.7. The van der Waals surface area contributed by atoms with Crippen LogP contribution < -0.4 is 10.5 Å². The van der Waals surface area contributed by atoms with E-state index in [9.17, 15) is 9.59 Å². The van der Waals surface area contributed by atoms with E-state index in [2.05, 4.69) is 0 Å². The Hall–Kier alpha value is -3.22. The summed E-state index contributed by atoms with van der Waals surface area (Å²) < 4.78 is 8.39. The zero-order valence-electron chi connectivity index (χ0n) is 15.3. The van der Waals surface area contributed by atoms with Crippen molar-refractivity contribution >= 4 is 17.1 Å². The van der Waals surface area contributed by atoms with Gasteiger partial charge in [0, 0.05) is 13.6 Å². The predicted octanol–water partition coefficient (Wildman–Crippen LogP) is 2.05. The van der Waals surface area contributed by atoms with Gasteiger partial charge in [-0.25, -0.2) is 9.59 Å². The van der Waals surface area contributed by atoms with Crippen LogP contribution in [0.2, 0.25) is 0 Å². The molecule has 0 saturated heterocycles. The van der Waals surface area contributed by atoms with Crippen LogP contribution in [0.3, 0.4) is 0 Å². The van der Waals surface area contributed by atoms with Crippen molar-refractivity contribution < 1.29 is 14.4 Å². The smallest absolute Gasteiger partial charge is 0.410 e. The minimum Gasteiger partial charge on any atom is -0.445 e. The molecular weight excluding hydrogens is 346 g/mol. The molecule has 0 fully saturated rings. The number of imidazole rings is 1. The molecule has 7 heteroatoms. The summed E-state index contributed by atoms with van der Waals surface area (Å²) >= 11 is 0. The second kappa shape index (κ2) is 6.83. The molecular formula is C20H21N3O4. The number of benzene rings is 2. The van der Waals surface area contributed by atoms with Crippen LogP contribution in [-0.2, 0) is 24.3 Å². The Balaban J connectivity index is 1.54. The number of para-hydroxylation sites is 1. The van der Waals surface area contributed by atoms with E-state index in [-0.39, 0.29) is 18.3 Å². The number of carbonyl (C=O) groups excluding carboxylic acids is 1. The Kier molecular flexibility index (Phi) is 4.35. The lowest BCUT2D eigenvalue weighted by atomic mass is 10.00. The quantitative estimate of drug-likeness (QED) is 0.708. The van der Waals surface area contributed by atoms with Crippen molar-refractivity contribution in [1.29, 1.82) is 0 Å². The van der Waals surface area contributed by atoms with Gasteiger partial charge in [-0.2, -0.15) is 0 Å². The van der Waals surface area contributed by atoms with E-state index in [1.807, 2.05) is 48.5 Å². The van der Waals surface area contributed by atoms with Gasteiger partial charge < -0.3 is 14.5 Å². The van der Waals surface area contributed by atoms with E-state index in [1.165, 1.54) is 11.8 Å². The highest BCUT2D eigenvalue weighted by Gasteiger charge is 2.30. The molecule has 140 valence electrons. The molecule has 0 radical (unpaired) electrons. The first kappa shape index (κ1) is 17.2. The van der Waals surface area contributed by atoms with Gasteiger partial charge >= 0.3 is 11.8 Å². The third-order valence-electron chi connectivity index (χ3n) is 5.06. The molecule has 1 amide bonds. The molecule has 0 N–H and O–H groups in total. The van der Waals surface area contributed by atoms with E-state index in [4.69, 9.17) is 9.57 Å². The maximum atomic E-state index is 12.7. The number of hydrogen-bond donors (Lipinski definition) is 0. The molecule has 2 heterocycles. The molecule has 7 nitrogen and oxygen atoms in total. The second-order valence-corrected chi connectivity index (χ2v) is 6.66. The molecule has 2 aromatic carbocycles. The summed E-state index contributed by atoms with van der Waals surface area (Å²) in [6, 6.07) is 15.1. The Bertz CT molecular complexity index is 1040. The molecule has 0 saturated carbocycles. The summed E-state index contributed by atoms with van der Waals surface area (Å²) in [7, 11) is 3.18. The van der Waals surface area contributed by atoms with Gasteiger partial charge in [0.2, 0.25) is 0 Å². The van der Waals surface area contributed by atoms with E-state index < -0.39 is 6.09 Å². The number of hydrogen-bond acceptors (Lipinski definition) is 4. The molecule has 1 aliphatic rings. The van der Waals surface area contributed by atoms with Gasteiger partial charge in [-0.3, -0.25) is 4.57 Å². The van der Waals surface area contributed by atoms with Crippen molar-refractivity contribution in [3.8, 4) is 0 Å². The average Bonchev–Trinajstić information content (AvgIpc) is 2.99. The number of aromatic nitrogens is 2. The minimum absolute atomic E-state index is 0.170. The van der Waals surface area contributed by atoms with Crippen LogP contribution in [0.4, 0.5) is 4.79 Å². The molecule has 1 atom stereocenters. The van der Waals surface area contributed by atoms with Crippen molar-refractivity contribution in [1.82, 2.24) is 14.2 Å². The molecule has 1 aromatic heterocycles. The molecule has 3 aromatic rings. The Morgan fingerprint density at radius 2 is 1.96 bits per heavy atom. The van der Waals surface area contributed by atoms with Crippen molar-refractivity contribution in [2.24, 2.45) is 0 Å². The molecule has 0 aliphatic carbocycles. The number of carbonyl (C=O) groups is 1. The van der Waals surface area contributed by atoms with Crippen LogP contribution >= 0.6 is 0 Å². The summed E-state index contributed by atoms with van der Waals surface area (Å²) in [5.41, 5.74) is 3.32. The van der Waals surface area contributed by atoms with Gasteiger partial charge in [0.15, 0.2) is 0 Å². The molecule has 0 bridgehead atoms. The number of ether oxygens (including phenoxy) is 1. The molecule has 1 unspecified atom stereocenters. The number of nitrogens with zero attached hydrogens (tertiary/aromatic N) is 3. The molecule has 0 spiro atoms. The lowest BCUT2D eigenvalue weighted by Gasteiger charge is -2.31. The monoisotopic (exact) mass is 367 g/mol. The van der Waals surface area contributed by atoms with Gasteiger partial charge in [0.05, 0.1) is 11.6 Å². The topological polar surface area (TPSA) is 65.7 Å². The third-order valence-corrected chi connectivity index (χ3v) is 5.06. The normalized spacial score (nSPS) is 15.6. The summed E-state index contributed by atoms with van der Waals surface area (Å²) in [5.74, 6) is 0. The van der Waals surface area contributed by atoms with Gasteiger partial charge in [0.25, 0.3) is 0 Å². The highest BCUT2D eigenvalue weighted by Crippen LogP contribution is 2.26. The first-order valence-corrected chi connectivity index (χ1v) is 8.81. The minimum atomic E-state index is -0.404. The van der Waals surface area contributed by atoms with Gasteiger partial charge in [-0.1, -0.05) is 42.5 Å². The van der Waals surface area contributed by atoms with Crippen LogP contribution in [0.1, 0.15) is 11.1 Å². The Morgan fingerprint density at radius 1 is 1.19 bits per heavy atom. The van der Waals surface area contributed by atoms with E-state index >= 15 is 0 Å². The lowest BCUT2D eigenvalue weighted by molar-refractivity contribution is 0.0864. The van der Waals surface area contributed by atoms with Crippen molar-refractivity contribution in [3.63, 3.8) is 0 Å².